The van der Waals surface area contributed by atoms with E-state index in [0.29, 0.717) is 11.1 Å². The van der Waals surface area contributed by atoms with Crippen molar-refractivity contribution in [2.75, 3.05) is 0 Å². The summed E-state index contributed by atoms with van der Waals surface area (Å²) in [6, 6.07) is 11.6. The number of rotatable bonds is 2. The minimum absolute atomic E-state index is 0.0102. The van der Waals surface area contributed by atoms with E-state index in [2.05, 4.69) is 0 Å². The molecule has 0 saturated carbocycles. The van der Waals surface area contributed by atoms with E-state index in [0.717, 1.165) is 12.1 Å². The Morgan fingerprint density at radius 2 is 1.40 bits per heavy atom. The molecule has 0 spiro atoms. The van der Waals surface area contributed by atoms with Crippen molar-refractivity contribution in [1.29, 1.82) is 0 Å². The highest BCUT2D eigenvalue weighted by Crippen LogP contribution is 2.61. The lowest BCUT2D eigenvalue weighted by atomic mass is 9.74. The molecule has 3 heterocycles. The van der Waals surface area contributed by atoms with Gasteiger partial charge in [0.05, 0.1) is 12.0 Å². The van der Waals surface area contributed by atoms with Crippen LogP contribution in [0.3, 0.4) is 0 Å². The summed E-state index contributed by atoms with van der Waals surface area (Å²) in [5, 5.41) is 94.4. The molecule has 7 rings (SSSR count). The van der Waals surface area contributed by atoms with Crippen molar-refractivity contribution < 1.29 is 60.2 Å². The summed E-state index contributed by atoms with van der Waals surface area (Å²) >= 11 is 0. The van der Waals surface area contributed by atoms with E-state index in [1.807, 2.05) is 0 Å². The van der Waals surface area contributed by atoms with Gasteiger partial charge in [-0.25, -0.2) is 0 Å². The van der Waals surface area contributed by atoms with Crippen LogP contribution in [0.4, 0.5) is 0 Å². The van der Waals surface area contributed by atoms with E-state index in [4.69, 9.17) is 14.2 Å². The molecule has 3 aliphatic rings. The van der Waals surface area contributed by atoms with Crippen molar-refractivity contribution in [2.24, 2.45) is 0 Å². The van der Waals surface area contributed by atoms with Gasteiger partial charge in [0.15, 0.2) is 28.7 Å². The van der Waals surface area contributed by atoms with Crippen molar-refractivity contribution in [3.05, 3.63) is 82.4 Å². The third-order valence-electron chi connectivity index (χ3n) is 8.04. The molecule has 12 nitrogen and oxygen atoms in total. The lowest BCUT2D eigenvalue weighted by Crippen LogP contribution is -2.57. The second kappa shape index (κ2) is 8.65. The van der Waals surface area contributed by atoms with Crippen LogP contribution in [0, 0.1) is 0 Å². The first kappa shape index (κ1) is 25.7. The zero-order chi connectivity index (χ0) is 29.7. The second-order valence-corrected chi connectivity index (χ2v) is 10.6. The fourth-order valence-corrected chi connectivity index (χ4v) is 6.05. The normalized spacial score (nSPS) is 25.2. The standard InChI is InChI=1S/C30H24O12/c31-13-2-3-14-22(8-13)41-30(12-6-19(35)26(38)20(36)7-12)29(39)24(14)25-23(42-30)10-17(33)15-9-21(37)27(40-28(15)25)11-1-4-16(32)18(34)5-11/h1-8,10,21,24,27,29,31-39H,9H2. The molecule has 0 saturated heterocycles. The highest BCUT2D eigenvalue weighted by atomic mass is 16.7. The van der Waals surface area contributed by atoms with E-state index < -0.39 is 53.0 Å². The van der Waals surface area contributed by atoms with Gasteiger partial charge in [0.1, 0.15) is 41.0 Å². The molecule has 0 aliphatic carbocycles. The smallest absolute Gasteiger partial charge is 0.305 e. The average molecular weight is 577 g/mol. The van der Waals surface area contributed by atoms with Crippen LogP contribution in [-0.2, 0) is 12.2 Å². The van der Waals surface area contributed by atoms with Crippen LogP contribution in [0.25, 0.3) is 0 Å². The van der Waals surface area contributed by atoms with Crippen molar-refractivity contribution in [1.82, 2.24) is 0 Å². The number of hydrogen-bond donors (Lipinski definition) is 9. The third-order valence-corrected chi connectivity index (χ3v) is 8.04. The Morgan fingerprint density at radius 1 is 0.690 bits per heavy atom. The Kier molecular flexibility index (Phi) is 5.30. The zero-order valence-corrected chi connectivity index (χ0v) is 21.5. The molecule has 4 aromatic carbocycles. The molecule has 4 aromatic rings. The first-order valence-electron chi connectivity index (χ1n) is 12.9. The molecule has 0 radical (unpaired) electrons. The van der Waals surface area contributed by atoms with Crippen LogP contribution < -0.4 is 14.2 Å². The number of hydrogen-bond acceptors (Lipinski definition) is 12. The molecule has 216 valence electrons. The van der Waals surface area contributed by atoms with Crippen molar-refractivity contribution in [3.63, 3.8) is 0 Å². The highest BCUT2D eigenvalue weighted by molar-refractivity contribution is 5.66. The predicted molar refractivity (Wildman–Crippen MR) is 141 cm³/mol. The number of benzene rings is 4. The van der Waals surface area contributed by atoms with Crippen molar-refractivity contribution in [2.45, 2.75) is 36.4 Å². The molecule has 9 N–H and O–H groups in total. The molecular formula is C30H24O12. The molecule has 0 aromatic heterocycles. The lowest BCUT2D eigenvalue weighted by Gasteiger charge is -2.50. The largest absolute Gasteiger partial charge is 0.508 e. The monoisotopic (exact) mass is 576 g/mol. The first-order valence-corrected chi connectivity index (χ1v) is 12.9. The minimum atomic E-state index is -2.14. The number of phenolic OH excluding ortho intramolecular Hbond substituents is 7. The van der Waals surface area contributed by atoms with Gasteiger partial charge < -0.3 is 60.2 Å². The Bertz CT molecular complexity index is 1760. The average Bonchev–Trinajstić information content (AvgIpc) is 2.93. The molecule has 42 heavy (non-hydrogen) atoms. The molecule has 12 heteroatoms. The van der Waals surface area contributed by atoms with E-state index in [1.165, 1.54) is 42.5 Å². The summed E-state index contributed by atoms with van der Waals surface area (Å²) in [5.74, 6) is -6.38. The lowest BCUT2D eigenvalue weighted by molar-refractivity contribution is -0.218. The molecule has 0 amide bonds. The molecule has 0 fully saturated rings. The fourth-order valence-electron chi connectivity index (χ4n) is 6.05. The van der Waals surface area contributed by atoms with Crippen LogP contribution in [0.2, 0.25) is 0 Å². The number of fused-ring (bicyclic) bond motifs is 8. The Morgan fingerprint density at radius 3 is 2.12 bits per heavy atom. The predicted octanol–water partition coefficient (Wildman–Crippen LogP) is 2.79. The van der Waals surface area contributed by atoms with Gasteiger partial charge >= 0.3 is 5.79 Å². The van der Waals surface area contributed by atoms with Gasteiger partial charge in [-0.3, -0.25) is 0 Å². The Balaban J connectivity index is 1.46. The van der Waals surface area contributed by atoms with Crippen molar-refractivity contribution >= 4 is 0 Å². The van der Waals surface area contributed by atoms with Gasteiger partial charge in [0.25, 0.3) is 0 Å². The SMILES string of the molecule is Oc1ccc2c(c1)OC1(c3cc(O)c(O)c(O)c3)Oc3cc(O)c4c(c3C2C1O)OC(c1ccc(O)c(O)c1)C(O)C4. The number of aliphatic hydroxyl groups is 2. The van der Waals surface area contributed by atoms with Gasteiger partial charge in [-0.15, -0.1) is 0 Å². The van der Waals surface area contributed by atoms with Crippen LogP contribution in [0.1, 0.15) is 39.8 Å². The zero-order valence-electron chi connectivity index (χ0n) is 21.5. The van der Waals surface area contributed by atoms with Gasteiger partial charge in [-0.1, -0.05) is 12.1 Å². The van der Waals surface area contributed by atoms with E-state index in [9.17, 15) is 46.0 Å². The Hall–Kier alpha value is -5.20. The second-order valence-electron chi connectivity index (χ2n) is 10.6. The van der Waals surface area contributed by atoms with Gasteiger partial charge in [0, 0.05) is 40.8 Å². The first-order chi connectivity index (χ1) is 20.0. The van der Waals surface area contributed by atoms with Crippen LogP contribution in [-0.4, -0.2) is 58.2 Å². The van der Waals surface area contributed by atoms with Gasteiger partial charge in [0.2, 0.25) is 0 Å². The van der Waals surface area contributed by atoms with Gasteiger partial charge in [-0.2, -0.15) is 0 Å². The van der Waals surface area contributed by atoms with Crippen molar-refractivity contribution in [3.8, 4) is 57.5 Å². The third kappa shape index (κ3) is 3.49. The number of ether oxygens (including phenoxy) is 3. The number of aliphatic hydroxyl groups excluding tert-OH is 2. The molecular weight excluding hydrogens is 552 g/mol. The molecule has 5 unspecified atom stereocenters. The Labute approximate surface area is 236 Å². The molecule has 2 bridgehead atoms. The number of aromatic hydroxyl groups is 7. The summed E-state index contributed by atoms with van der Waals surface area (Å²) in [4.78, 5) is 0. The molecule has 3 aliphatic heterocycles. The van der Waals surface area contributed by atoms with E-state index >= 15 is 0 Å². The topological polar surface area (TPSA) is 210 Å². The number of phenols is 7. The summed E-state index contributed by atoms with van der Waals surface area (Å²) in [7, 11) is 0. The summed E-state index contributed by atoms with van der Waals surface area (Å²) in [5.41, 5.74) is 1.18. The summed E-state index contributed by atoms with van der Waals surface area (Å²) < 4.78 is 18.7. The maximum absolute atomic E-state index is 11.9. The molecule has 5 atom stereocenters. The minimum Gasteiger partial charge on any atom is -0.508 e. The highest BCUT2D eigenvalue weighted by Gasteiger charge is 2.59. The van der Waals surface area contributed by atoms with E-state index in [-0.39, 0.29) is 57.6 Å². The summed E-state index contributed by atoms with van der Waals surface area (Å²) in [6.07, 6.45) is -3.87. The maximum atomic E-state index is 11.9. The van der Waals surface area contributed by atoms with Crippen LogP contribution >= 0.6 is 0 Å². The maximum Gasteiger partial charge on any atom is 0.305 e. The van der Waals surface area contributed by atoms with E-state index in [1.54, 1.807) is 0 Å². The summed E-state index contributed by atoms with van der Waals surface area (Å²) in [6.45, 7) is 0. The van der Waals surface area contributed by atoms with Crippen LogP contribution in [0.5, 0.6) is 57.5 Å². The quantitative estimate of drug-likeness (QED) is 0.158. The fraction of sp³-hybridized carbons (Fsp3) is 0.200. The van der Waals surface area contributed by atoms with Gasteiger partial charge in [-0.05, 0) is 35.9 Å². The van der Waals surface area contributed by atoms with Crippen LogP contribution in [0.15, 0.2) is 54.6 Å².